The summed E-state index contributed by atoms with van der Waals surface area (Å²) in [5, 5.41) is 6.13. The third-order valence-electron chi connectivity index (χ3n) is 5.19. The first kappa shape index (κ1) is 22.0. The molecule has 32 heavy (non-hydrogen) atoms. The molecule has 0 aliphatic carbocycles. The summed E-state index contributed by atoms with van der Waals surface area (Å²) in [4.78, 5) is 13.4. The van der Waals surface area contributed by atoms with Crippen LogP contribution in [0, 0.1) is 0 Å². The number of hydrogen-bond acceptors (Lipinski definition) is 5. The fourth-order valence-corrected chi connectivity index (χ4v) is 4.99. The van der Waals surface area contributed by atoms with Gasteiger partial charge in [-0.1, -0.05) is 54.6 Å². The summed E-state index contributed by atoms with van der Waals surface area (Å²) in [6.07, 6.45) is 0. The van der Waals surface area contributed by atoms with Crippen LogP contribution in [0.1, 0.15) is 11.6 Å². The number of morpholine rings is 1. The van der Waals surface area contributed by atoms with E-state index in [1.807, 2.05) is 60.7 Å². The van der Waals surface area contributed by atoms with Crippen LogP contribution in [0.2, 0.25) is 0 Å². The second-order valence-electron chi connectivity index (χ2n) is 7.39. The molecule has 166 valence electrons. The number of rotatable bonds is 7. The van der Waals surface area contributed by atoms with Crippen LogP contribution >= 0.6 is 0 Å². The van der Waals surface area contributed by atoms with E-state index in [1.54, 1.807) is 12.1 Å². The van der Waals surface area contributed by atoms with E-state index in [2.05, 4.69) is 10.6 Å². The Morgan fingerprint density at radius 1 is 0.844 bits per heavy atom. The maximum atomic E-state index is 13.2. The number of amides is 1. The highest BCUT2D eigenvalue weighted by Crippen LogP contribution is 2.24. The van der Waals surface area contributed by atoms with Gasteiger partial charge >= 0.3 is 0 Å². The normalized spacial score (nSPS) is 15.6. The third kappa shape index (κ3) is 5.16. The van der Waals surface area contributed by atoms with E-state index in [0.29, 0.717) is 32.0 Å². The van der Waals surface area contributed by atoms with Gasteiger partial charge in [-0.3, -0.25) is 4.79 Å². The number of benzene rings is 3. The molecule has 1 amide bonds. The van der Waals surface area contributed by atoms with E-state index in [0.717, 1.165) is 11.3 Å². The monoisotopic (exact) mass is 451 g/mol. The highest BCUT2D eigenvalue weighted by molar-refractivity contribution is 7.89. The number of carbonyl (C=O) groups is 1. The van der Waals surface area contributed by atoms with Gasteiger partial charge in [-0.05, 0) is 35.9 Å². The summed E-state index contributed by atoms with van der Waals surface area (Å²) in [6.45, 7) is 1.38. The predicted molar refractivity (Wildman–Crippen MR) is 124 cm³/mol. The minimum absolute atomic E-state index is 0.143. The Hall–Kier alpha value is -3.20. The average molecular weight is 452 g/mol. The van der Waals surface area contributed by atoms with Crippen molar-refractivity contribution in [1.29, 1.82) is 0 Å². The van der Waals surface area contributed by atoms with Crippen molar-refractivity contribution in [2.45, 2.75) is 10.9 Å². The summed E-state index contributed by atoms with van der Waals surface area (Å²) in [6, 6.07) is 24.5. The van der Waals surface area contributed by atoms with Crippen molar-refractivity contribution in [3.63, 3.8) is 0 Å². The standard InChI is InChI=1S/C24H25N3O4S/c28-24(23(19-8-3-1-4-9-19)25-20-10-5-2-6-11-20)26-21-12-7-13-22(18-21)32(29,30)27-14-16-31-17-15-27/h1-13,18,23,25H,14-17H2,(H,26,28)/t23-/m1/s1. The van der Waals surface area contributed by atoms with Crippen LogP contribution in [0.25, 0.3) is 0 Å². The fourth-order valence-electron chi connectivity index (χ4n) is 3.53. The van der Waals surface area contributed by atoms with Crippen LogP contribution in [0.15, 0.2) is 89.8 Å². The molecule has 1 aliphatic heterocycles. The number of hydrogen-bond donors (Lipinski definition) is 2. The van der Waals surface area contributed by atoms with Gasteiger partial charge in [-0.25, -0.2) is 8.42 Å². The van der Waals surface area contributed by atoms with E-state index >= 15 is 0 Å². The molecule has 3 aromatic rings. The molecule has 0 unspecified atom stereocenters. The molecule has 1 heterocycles. The Morgan fingerprint density at radius 2 is 1.47 bits per heavy atom. The molecular formula is C24H25N3O4S. The van der Waals surface area contributed by atoms with E-state index in [-0.39, 0.29) is 10.8 Å². The van der Waals surface area contributed by atoms with Crippen LogP contribution in [0.5, 0.6) is 0 Å². The average Bonchev–Trinajstić information content (AvgIpc) is 2.84. The Bertz CT molecular complexity index is 1150. The largest absolute Gasteiger partial charge is 0.379 e. The second-order valence-corrected chi connectivity index (χ2v) is 9.33. The molecule has 1 fully saturated rings. The van der Waals surface area contributed by atoms with E-state index in [1.165, 1.54) is 16.4 Å². The lowest BCUT2D eigenvalue weighted by atomic mass is 10.1. The first-order valence-electron chi connectivity index (χ1n) is 10.4. The van der Waals surface area contributed by atoms with Crippen LogP contribution in [-0.4, -0.2) is 44.9 Å². The zero-order chi connectivity index (χ0) is 22.4. The number of nitrogens with one attached hydrogen (secondary N) is 2. The summed E-state index contributed by atoms with van der Waals surface area (Å²) in [5.74, 6) is -0.291. The first-order valence-corrected chi connectivity index (χ1v) is 11.8. The molecule has 0 saturated carbocycles. The van der Waals surface area contributed by atoms with Crippen molar-refractivity contribution < 1.29 is 17.9 Å². The summed E-state index contributed by atoms with van der Waals surface area (Å²) in [7, 11) is -3.65. The van der Waals surface area contributed by atoms with Gasteiger partial charge in [0.05, 0.1) is 18.1 Å². The maximum Gasteiger partial charge on any atom is 0.251 e. The lowest BCUT2D eigenvalue weighted by molar-refractivity contribution is -0.117. The molecule has 0 bridgehead atoms. The molecule has 0 aromatic heterocycles. The lowest BCUT2D eigenvalue weighted by Gasteiger charge is -2.26. The number of carbonyl (C=O) groups excluding carboxylic acids is 1. The molecule has 4 rings (SSSR count). The Kier molecular flexibility index (Phi) is 6.84. The van der Waals surface area contributed by atoms with Crippen LogP contribution < -0.4 is 10.6 Å². The number of sulfonamides is 1. The number of nitrogens with zero attached hydrogens (tertiary/aromatic N) is 1. The van der Waals surface area contributed by atoms with Crippen LogP contribution in [0.4, 0.5) is 11.4 Å². The summed E-state index contributed by atoms with van der Waals surface area (Å²) >= 11 is 0. The Labute approximate surface area is 188 Å². The number of anilines is 2. The maximum absolute atomic E-state index is 13.2. The van der Waals surface area contributed by atoms with Gasteiger partial charge in [-0.2, -0.15) is 4.31 Å². The number of para-hydroxylation sites is 1. The second kappa shape index (κ2) is 9.95. The molecule has 0 radical (unpaired) electrons. The fraction of sp³-hybridized carbons (Fsp3) is 0.208. The molecular weight excluding hydrogens is 426 g/mol. The lowest BCUT2D eigenvalue weighted by Crippen LogP contribution is -2.40. The zero-order valence-corrected chi connectivity index (χ0v) is 18.3. The smallest absolute Gasteiger partial charge is 0.251 e. The van der Waals surface area contributed by atoms with Crippen molar-refractivity contribution in [2.24, 2.45) is 0 Å². The van der Waals surface area contributed by atoms with Gasteiger partial charge < -0.3 is 15.4 Å². The highest BCUT2D eigenvalue weighted by atomic mass is 32.2. The molecule has 3 aromatic carbocycles. The van der Waals surface area contributed by atoms with E-state index in [4.69, 9.17) is 4.74 Å². The van der Waals surface area contributed by atoms with Crippen molar-refractivity contribution >= 4 is 27.3 Å². The summed E-state index contributed by atoms with van der Waals surface area (Å²) < 4.78 is 32.6. The van der Waals surface area contributed by atoms with Crippen molar-refractivity contribution in [3.8, 4) is 0 Å². The summed E-state index contributed by atoms with van der Waals surface area (Å²) in [5.41, 5.74) is 2.02. The van der Waals surface area contributed by atoms with Crippen LogP contribution in [-0.2, 0) is 19.6 Å². The van der Waals surface area contributed by atoms with Gasteiger partial charge in [0, 0.05) is 24.5 Å². The highest BCUT2D eigenvalue weighted by Gasteiger charge is 2.27. The van der Waals surface area contributed by atoms with Crippen molar-refractivity contribution in [1.82, 2.24) is 4.31 Å². The zero-order valence-electron chi connectivity index (χ0n) is 17.5. The molecule has 0 spiro atoms. The van der Waals surface area contributed by atoms with Gasteiger partial charge in [0.25, 0.3) is 5.91 Å². The minimum atomic E-state index is -3.65. The predicted octanol–water partition coefficient (Wildman–Crippen LogP) is 3.50. The van der Waals surface area contributed by atoms with Gasteiger partial charge in [0.15, 0.2) is 0 Å². The number of ether oxygens (including phenoxy) is 1. The van der Waals surface area contributed by atoms with E-state index in [9.17, 15) is 13.2 Å². The Morgan fingerprint density at radius 3 is 2.16 bits per heavy atom. The van der Waals surface area contributed by atoms with Crippen molar-refractivity contribution in [2.75, 3.05) is 36.9 Å². The van der Waals surface area contributed by atoms with Gasteiger partial charge in [-0.15, -0.1) is 0 Å². The van der Waals surface area contributed by atoms with Crippen LogP contribution in [0.3, 0.4) is 0 Å². The molecule has 1 saturated heterocycles. The topological polar surface area (TPSA) is 87.7 Å². The van der Waals surface area contributed by atoms with Gasteiger partial charge in [0.2, 0.25) is 10.0 Å². The molecule has 1 atom stereocenters. The minimum Gasteiger partial charge on any atom is -0.379 e. The third-order valence-corrected chi connectivity index (χ3v) is 7.08. The Balaban J connectivity index is 1.56. The first-order chi connectivity index (χ1) is 15.5. The van der Waals surface area contributed by atoms with E-state index < -0.39 is 16.1 Å². The SMILES string of the molecule is O=C(Nc1cccc(S(=O)(=O)N2CCOCC2)c1)[C@H](Nc1ccccc1)c1ccccc1. The molecule has 1 aliphatic rings. The van der Waals surface area contributed by atoms with Gasteiger partial charge in [0.1, 0.15) is 6.04 Å². The molecule has 2 N–H and O–H groups in total. The molecule has 7 nitrogen and oxygen atoms in total. The quantitative estimate of drug-likeness (QED) is 0.574. The molecule has 8 heteroatoms. The van der Waals surface area contributed by atoms with Crippen molar-refractivity contribution in [3.05, 3.63) is 90.5 Å².